The summed E-state index contributed by atoms with van der Waals surface area (Å²) in [5.74, 6) is -0.115. The van der Waals surface area contributed by atoms with Gasteiger partial charge < -0.3 is 9.88 Å². The highest BCUT2D eigenvalue weighted by Gasteiger charge is 2.20. The molecule has 0 unspecified atom stereocenters. The molecule has 0 aliphatic carbocycles. The van der Waals surface area contributed by atoms with E-state index in [1.165, 1.54) is 28.9 Å². The lowest BCUT2D eigenvalue weighted by Crippen LogP contribution is -2.37. The molecular weight excluding hydrogens is 474 g/mol. The van der Waals surface area contributed by atoms with Crippen LogP contribution in [0.5, 0.6) is 0 Å². The van der Waals surface area contributed by atoms with Gasteiger partial charge in [0.15, 0.2) is 16.3 Å². The van der Waals surface area contributed by atoms with Crippen LogP contribution in [0.3, 0.4) is 0 Å². The number of carbonyl (C=O) groups is 1. The average Bonchev–Trinajstić information content (AvgIpc) is 3.21. The number of hydrogen-bond donors (Lipinski definition) is 1. The lowest BCUT2D eigenvalue weighted by molar-refractivity contribution is -0.113. The van der Waals surface area contributed by atoms with Crippen molar-refractivity contribution >= 4 is 46.1 Å². The minimum atomic E-state index is -0.441. The Hall–Kier alpha value is -3.30. The summed E-state index contributed by atoms with van der Waals surface area (Å²) in [6.07, 6.45) is 1.60. The van der Waals surface area contributed by atoms with E-state index in [4.69, 9.17) is 11.6 Å². The van der Waals surface area contributed by atoms with Crippen LogP contribution in [0.1, 0.15) is 12.0 Å². The van der Waals surface area contributed by atoms with Crippen molar-refractivity contribution in [1.29, 1.82) is 0 Å². The van der Waals surface area contributed by atoms with E-state index in [1.54, 1.807) is 31.3 Å². The lowest BCUT2D eigenvalue weighted by Gasteiger charge is -2.10. The topological polar surface area (TPSA) is 90.9 Å². The molecule has 8 nitrogen and oxygen atoms in total. The standard InChI is InChI=1S/C24H24ClN5O3S/c1-28-21-20(22(32)29(2)24(28)33)30(14-6-9-16-7-4-3-5-8-16)23(27-21)34-15-19(31)26-18-12-10-17(25)11-13-18/h3-5,7-8,10-13H,6,9,14-15H2,1-2H3,(H,26,31). The van der Waals surface area contributed by atoms with Gasteiger partial charge in [-0.2, -0.15) is 0 Å². The fourth-order valence-electron chi connectivity index (χ4n) is 3.69. The predicted molar refractivity (Wildman–Crippen MR) is 136 cm³/mol. The molecule has 0 saturated heterocycles. The molecule has 0 bridgehead atoms. The van der Waals surface area contributed by atoms with Crippen molar-refractivity contribution in [3.63, 3.8) is 0 Å². The van der Waals surface area contributed by atoms with Crippen molar-refractivity contribution in [1.82, 2.24) is 18.7 Å². The summed E-state index contributed by atoms with van der Waals surface area (Å²) in [7, 11) is 3.05. The van der Waals surface area contributed by atoms with Gasteiger partial charge in [-0.05, 0) is 42.7 Å². The number of fused-ring (bicyclic) bond motifs is 1. The van der Waals surface area contributed by atoms with E-state index in [1.807, 2.05) is 22.8 Å². The summed E-state index contributed by atoms with van der Waals surface area (Å²) in [4.78, 5) is 42.5. The number of aryl methyl sites for hydroxylation is 3. The molecule has 0 fully saturated rings. The summed E-state index contributed by atoms with van der Waals surface area (Å²) in [6, 6.07) is 16.9. The Morgan fingerprint density at radius 2 is 1.74 bits per heavy atom. The van der Waals surface area contributed by atoms with Crippen molar-refractivity contribution in [3.8, 4) is 0 Å². The second kappa shape index (κ2) is 10.3. The van der Waals surface area contributed by atoms with E-state index in [9.17, 15) is 14.4 Å². The Labute approximate surface area is 205 Å². The number of anilines is 1. The normalized spacial score (nSPS) is 11.1. The van der Waals surface area contributed by atoms with E-state index in [0.717, 1.165) is 17.4 Å². The van der Waals surface area contributed by atoms with Gasteiger partial charge in [-0.25, -0.2) is 9.78 Å². The number of thioether (sulfide) groups is 1. The van der Waals surface area contributed by atoms with Crippen molar-refractivity contribution < 1.29 is 4.79 Å². The molecule has 176 valence electrons. The van der Waals surface area contributed by atoms with Crippen molar-refractivity contribution in [2.45, 2.75) is 24.5 Å². The fraction of sp³-hybridized carbons (Fsp3) is 0.250. The maximum atomic E-state index is 13.0. The van der Waals surface area contributed by atoms with Crippen LogP contribution in [0.25, 0.3) is 11.2 Å². The SMILES string of the molecule is Cn1c(=O)c2c(nc(SCC(=O)Nc3ccc(Cl)cc3)n2CCCc2ccccc2)n(C)c1=O. The molecule has 10 heteroatoms. The number of carbonyl (C=O) groups excluding carboxylic acids is 1. The zero-order valence-electron chi connectivity index (χ0n) is 18.8. The van der Waals surface area contributed by atoms with Gasteiger partial charge in [0.25, 0.3) is 5.56 Å². The molecule has 4 aromatic rings. The van der Waals surface area contributed by atoms with Crippen LogP contribution in [0.15, 0.2) is 69.3 Å². The van der Waals surface area contributed by atoms with Gasteiger partial charge in [0.2, 0.25) is 5.91 Å². The van der Waals surface area contributed by atoms with Crippen LogP contribution >= 0.6 is 23.4 Å². The Morgan fingerprint density at radius 3 is 2.44 bits per heavy atom. The number of amides is 1. The monoisotopic (exact) mass is 497 g/mol. The second-order valence-corrected chi connectivity index (χ2v) is 9.24. The molecule has 0 spiro atoms. The summed E-state index contributed by atoms with van der Waals surface area (Å²) < 4.78 is 4.27. The molecule has 1 N–H and O–H groups in total. The van der Waals surface area contributed by atoms with Gasteiger partial charge in [-0.15, -0.1) is 0 Å². The Morgan fingerprint density at radius 1 is 1.03 bits per heavy atom. The number of nitrogens with zero attached hydrogens (tertiary/aromatic N) is 4. The first-order valence-corrected chi connectivity index (χ1v) is 12.1. The van der Waals surface area contributed by atoms with Crippen LogP contribution in [0.2, 0.25) is 5.02 Å². The van der Waals surface area contributed by atoms with Gasteiger partial charge in [0.05, 0.1) is 5.75 Å². The molecule has 0 radical (unpaired) electrons. The molecule has 0 atom stereocenters. The highest BCUT2D eigenvalue weighted by atomic mass is 35.5. The molecule has 2 aromatic heterocycles. The number of imidazole rings is 1. The summed E-state index contributed by atoms with van der Waals surface area (Å²) in [6.45, 7) is 0.528. The van der Waals surface area contributed by atoms with Crippen LogP contribution < -0.4 is 16.6 Å². The highest BCUT2D eigenvalue weighted by molar-refractivity contribution is 7.99. The number of halogens is 1. The third-order valence-electron chi connectivity index (χ3n) is 5.46. The van der Waals surface area contributed by atoms with Gasteiger partial charge in [-0.3, -0.25) is 18.7 Å². The molecule has 0 aliphatic rings. The Balaban J connectivity index is 1.59. The van der Waals surface area contributed by atoms with Crippen LogP contribution in [0, 0.1) is 0 Å². The maximum Gasteiger partial charge on any atom is 0.332 e. The van der Waals surface area contributed by atoms with Crippen molar-refractivity contribution in [2.75, 3.05) is 11.1 Å². The smallest absolute Gasteiger partial charge is 0.325 e. The number of benzene rings is 2. The van der Waals surface area contributed by atoms with Crippen LogP contribution in [-0.4, -0.2) is 30.3 Å². The molecule has 1 amide bonds. The minimum absolute atomic E-state index is 0.0961. The summed E-state index contributed by atoms with van der Waals surface area (Å²) in [5, 5.41) is 3.93. The van der Waals surface area contributed by atoms with E-state index in [-0.39, 0.29) is 11.7 Å². The summed E-state index contributed by atoms with van der Waals surface area (Å²) in [5.41, 5.74) is 1.67. The first-order valence-electron chi connectivity index (χ1n) is 10.7. The van der Waals surface area contributed by atoms with Crippen molar-refractivity contribution in [3.05, 3.63) is 86.0 Å². The number of nitrogens with one attached hydrogen (secondary N) is 1. The molecule has 4 rings (SSSR count). The van der Waals surface area contributed by atoms with E-state index in [0.29, 0.717) is 33.6 Å². The highest BCUT2D eigenvalue weighted by Crippen LogP contribution is 2.23. The molecule has 0 saturated carbocycles. The number of aromatic nitrogens is 4. The zero-order valence-corrected chi connectivity index (χ0v) is 20.4. The third-order valence-corrected chi connectivity index (χ3v) is 6.69. The van der Waals surface area contributed by atoms with Crippen LogP contribution in [0.4, 0.5) is 5.69 Å². The predicted octanol–water partition coefficient (Wildman–Crippen LogP) is 3.45. The first-order chi connectivity index (χ1) is 16.3. The quantitative estimate of drug-likeness (QED) is 0.376. The Bertz CT molecular complexity index is 1440. The van der Waals surface area contributed by atoms with Crippen molar-refractivity contribution in [2.24, 2.45) is 14.1 Å². The molecule has 0 aliphatic heterocycles. The maximum absolute atomic E-state index is 13.0. The van der Waals surface area contributed by atoms with E-state index >= 15 is 0 Å². The minimum Gasteiger partial charge on any atom is -0.325 e. The lowest BCUT2D eigenvalue weighted by atomic mass is 10.1. The van der Waals surface area contributed by atoms with Gasteiger partial charge in [0, 0.05) is 31.4 Å². The van der Waals surface area contributed by atoms with Crippen LogP contribution in [-0.2, 0) is 31.9 Å². The largest absolute Gasteiger partial charge is 0.332 e. The van der Waals surface area contributed by atoms with Gasteiger partial charge >= 0.3 is 5.69 Å². The molecular formula is C24H24ClN5O3S. The van der Waals surface area contributed by atoms with E-state index in [2.05, 4.69) is 22.4 Å². The second-order valence-electron chi connectivity index (χ2n) is 7.86. The summed E-state index contributed by atoms with van der Waals surface area (Å²) >= 11 is 7.12. The number of hydrogen-bond acceptors (Lipinski definition) is 5. The molecule has 2 heterocycles. The van der Waals surface area contributed by atoms with Gasteiger partial charge in [-0.1, -0.05) is 53.7 Å². The number of rotatable bonds is 8. The third kappa shape index (κ3) is 5.10. The Kier molecular flexibility index (Phi) is 7.23. The molecule has 2 aromatic carbocycles. The fourth-order valence-corrected chi connectivity index (χ4v) is 4.64. The average molecular weight is 498 g/mol. The molecule has 34 heavy (non-hydrogen) atoms. The first kappa shape index (κ1) is 23.8. The van der Waals surface area contributed by atoms with E-state index < -0.39 is 11.2 Å². The zero-order chi connectivity index (χ0) is 24.2. The van der Waals surface area contributed by atoms with Gasteiger partial charge in [0.1, 0.15) is 0 Å².